The highest BCUT2D eigenvalue weighted by Gasteiger charge is 1.99. The van der Waals surface area contributed by atoms with Gasteiger partial charge in [0.2, 0.25) is 0 Å². The Labute approximate surface area is 89.0 Å². The fourth-order valence-corrected chi connectivity index (χ4v) is 1.53. The van der Waals surface area contributed by atoms with Gasteiger partial charge in [0.25, 0.3) is 0 Å². The van der Waals surface area contributed by atoms with Gasteiger partial charge in [-0.25, -0.2) is 0 Å². The molecule has 0 amide bonds. The smallest absolute Gasteiger partial charge is 0.0443 e. The lowest BCUT2D eigenvalue weighted by molar-refractivity contribution is 1.22. The number of nitrogens with zero attached hydrogens (tertiary/aromatic N) is 3. The quantitative estimate of drug-likeness (QED) is 0.347. The van der Waals surface area contributed by atoms with Crippen LogP contribution in [0, 0.1) is 13.8 Å². The lowest BCUT2D eigenvalue weighted by Gasteiger charge is -2.06. The van der Waals surface area contributed by atoms with Crippen molar-refractivity contribution in [2.24, 2.45) is 5.11 Å². The maximum absolute atomic E-state index is 8.12. The SMILES string of the molecule is Cc1cc(N)cc(C)c1C=CCN=[N+]=[N-]. The first-order valence-corrected chi connectivity index (χ1v) is 4.69. The highest BCUT2D eigenvalue weighted by Crippen LogP contribution is 2.19. The summed E-state index contributed by atoms with van der Waals surface area (Å²) in [5.74, 6) is 0. The minimum Gasteiger partial charge on any atom is -0.399 e. The Morgan fingerprint density at radius 3 is 2.53 bits per heavy atom. The maximum Gasteiger partial charge on any atom is 0.0443 e. The van der Waals surface area contributed by atoms with Crippen molar-refractivity contribution >= 4 is 11.8 Å². The number of rotatable bonds is 3. The molecule has 0 fully saturated rings. The molecule has 15 heavy (non-hydrogen) atoms. The second-order valence-corrected chi connectivity index (χ2v) is 3.38. The van der Waals surface area contributed by atoms with Gasteiger partial charge in [-0.3, -0.25) is 0 Å². The molecule has 1 rings (SSSR count). The van der Waals surface area contributed by atoms with Crippen molar-refractivity contribution in [3.63, 3.8) is 0 Å². The van der Waals surface area contributed by atoms with Crippen molar-refractivity contribution < 1.29 is 0 Å². The Hall–Kier alpha value is -1.93. The molecule has 0 saturated carbocycles. The Morgan fingerprint density at radius 2 is 2.00 bits per heavy atom. The summed E-state index contributed by atoms with van der Waals surface area (Å²) < 4.78 is 0. The van der Waals surface area contributed by atoms with E-state index in [1.807, 2.05) is 38.1 Å². The van der Waals surface area contributed by atoms with Crippen LogP contribution < -0.4 is 5.73 Å². The number of nitrogens with two attached hydrogens (primary N) is 1. The first-order valence-electron chi connectivity index (χ1n) is 4.69. The molecular formula is C11H14N4. The first kappa shape index (κ1) is 11.1. The fraction of sp³-hybridized carbons (Fsp3) is 0.273. The van der Waals surface area contributed by atoms with Gasteiger partial charge in [-0.05, 0) is 48.2 Å². The van der Waals surface area contributed by atoms with Crippen LogP contribution in [0.4, 0.5) is 5.69 Å². The highest BCUT2D eigenvalue weighted by molar-refractivity contribution is 5.62. The average Bonchev–Trinajstić information content (AvgIpc) is 2.15. The molecule has 1 aromatic rings. The summed E-state index contributed by atoms with van der Waals surface area (Å²) in [5.41, 5.74) is 18.0. The summed E-state index contributed by atoms with van der Waals surface area (Å²) in [6, 6.07) is 3.86. The highest BCUT2D eigenvalue weighted by atomic mass is 15.1. The van der Waals surface area contributed by atoms with Gasteiger partial charge in [0.1, 0.15) is 0 Å². The monoisotopic (exact) mass is 202 g/mol. The van der Waals surface area contributed by atoms with E-state index < -0.39 is 0 Å². The Balaban J connectivity index is 2.94. The predicted octanol–water partition coefficient (Wildman–Crippen LogP) is 3.21. The van der Waals surface area contributed by atoms with Crippen molar-refractivity contribution in [2.45, 2.75) is 13.8 Å². The molecular weight excluding hydrogens is 188 g/mol. The van der Waals surface area contributed by atoms with Crippen LogP contribution in [0.1, 0.15) is 16.7 Å². The van der Waals surface area contributed by atoms with Crippen LogP contribution in [0.25, 0.3) is 16.5 Å². The normalized spacial score (nSPS) is 10.3. The van der Waals surface area contributed by atoms with E-state index in [0.717, 1.165) is 22.4 Å². The van der Waals surface area contributed by atoms with Crippen LogP contribution in [0.2, 0.25) is 0 Å². The summed E-state index contributed by atoms with van der Waals surface area (Å²) in [5, 5.41) is 3.43. The van der Waals surface area contributed by atoms with E-state index in [4.69, 9.17) is 11.3 Å². The molecule has 0 bridgehead atoms. The average molecular weight is 202 g/mol. The zero-order chi connectivity index (χ0) is 11.3. The van der Waals surface area contributed by atoms with Crippen LogP contribution in [0.5, 0.6) is 0 Å². The molecule has 0 aromatic heterocycles. The van der Waals surface area contributed by atoms with E-state index in [9.17, 15) is 0 Å². The largest absolute Gasteiger partial charge is 0.399 e. The molecule has 0 aliphatic heterocycles. The zero-order valence-corrected chi connectivity index (χ0v) is 8.94. The molecule has 0 unspecified atom stereocenters. The lowest BCUT2D eigenvalue weighted by atomic mass is 10.0. The van der Waals surface area contributed by atoms with Gasteiger partial charge in [0, 0.05) is 17.1 Å². The van der Waals surface area contributed by atoms with Crippen LogP contribution in [0.15, 0.2) is 23.3 Å². The van der Waals surface area contributed by atoms with Gasteiger partial charge in [0.15, 0.2) is 0 Å². The number of aryl methyl sites for hydroxylation is 2. The van der Waals surface area contributed by atoms with Crippen LogP contribution in [-0.4, -0.2) is 6.54 Å². The molecule has 4 heteroatoms. The number of anilines is 1. The van der Waals surface area contributed by atoms with Gasteiger partial charge in [0.05, 0.1) is 0 Å². The van der Waals surface area contributed by atoms with E-state index in [2.05, 4.69) is 10.0 Å². The molecule has 0 aliphatic carbocycles. The summed E-state index contributed by atoms with van der Waals surface area (Å²) in [6.07, 6.45) is 3.80. The standard InChI is InChI=1S/C11H14N4/c1-8-6-10(12)7-9(2)11(8)4-3-5-14-15-13/h3-4,6-7H,5,12H2,1-2H3. The molecule has 4 nitrogen and oxygen atoms in total. The second-order valence-electron chi connectivity index (χ2n) is 3.38. The Bertz CT molecular complexity index is 405. The minimum atomic E-state index is 0.375. The molecule has 0 atom stereocenters. The maximum atomic E-state index is 8.12. The minimum absolute atomic E-state index is 0.375. The van der Waals surface area contributed by atoms with Crippen molar-refractivity contribution in [3.05, 3.63) is 45.3 Å². The number of hydrogen-bond acceptors (Lipinski definition) is 2. The number of azide groups is 1. The summed E-state index contributed by atoms with van der Waals surface area (Å²) in [6.45, 7) is 4.40. The van der Waals surface area contributed by atoms with Gasteiger partial charge in [-0.15, -0.1) is 0 Å². The summed E-state index contributed by atoms with van der Waals surface area (Å²) in [7, 11) is 0. The number of benzene rings is 1. The van der Waals surface area contributed by atoms with Crippen molar-refractivity contribution in [1.82, 2.24) is 0 Å². The first-order chi connectivity index (χ1) is 7.15. The second kappa shape index (κ2) is 5.08. The molecule has 0 radical (unpaired) electrons. The Morgan fingerprint density at radius 1 is 1.40 bits per heavy atom. The molecule has 0 saturated heterocycles. The number of nitrogen functional groups attached to an aromatic ring is 1. The molecule has 78 valence electrons. The van der Waals surface area contributed by atoms with Crippen LogP contribution >= 0.6 is 0 Å². The third-order valence-electron chi connectivity index (χ3n) is 2.15. The van der Waals surface area contributed by atoms with Crippen LogP contribution in [-0.2, 0) is 0 Å². The molecule has 0 heterocycles. The third-order valence-corrected chi connectivity index (χ3v) is 2.15. The molecule has 0 spiro atoms. The van der Waals surface area contributed by atoms with Crippen LogP contribution in [0.3, 0.4) is 0 Å². The van der Waals surface area contributed by atoms with Crippen molar-refractivity contribution in [3.8, 4) is 0 Å². The van der Waals surface area contributed by atoms with E-state index in [0.29, 0.717) is 6.54 Å². The topological polar surface area (TPSA) is 74.8 Å². The van der Waals surface area contributed by atoms with E-state index in [1.54, 1.807) is 0 Å². The van der Waals surface area contributed by atoms with Crippen molar-refractivity contribution in [2.75, 3.05) is 12.3 Å². The summed E-state index contributed by atoms with van der Waals surface area (Å²) in [4.78, 5) is 2.68. The Kier molecular flexibility index (Phi) is 3.77. The number of hydrogen-bond donors (Lipinski definition) is 1. The van der Waals surface area contributed by atoms with E-state index >= 15 is 0 Å². The van der Waals surface area contributed by atoms with Gasteiger partial charge < -0.3 is 5.73 Å². The lowest BCUT2D eigenvalue weighted by Crippen LogP contribution is -1.92. The van der Waals surface area contributed by atoms with Gasteiger partial charge >= 0.3 is 0 Å². The van der Waals surface area contributed by atoms with E-state index in [1.165, 1.54) is 0 Å². The summed E-state index contributed by atoms with van der Waals surface area (Å²) >= 11 is 0. The fourth-order valence-electron chi connectivity index (χ4n) is 1.53. The molecule has 1 aromatic carbocycles. The molecule has 0 aliphatic rings. The van der Waals surface area contributed by atoms with Crippen molar-refractivity contribution in [1.29, 1.82) is 0 Å². The predicted molar refractivity (Wildman–Crippen MR) is 63.4 cm³/mol. The van der Waals surface area contributed by atoms with Gasteiger partial charge in [-0.2, -0.15) is 0 Å². The third kappa shape index (κ3) is 3.04. The zero-order valence-electron chi connectivity index (χ0n) is 8.94. The van der Waals surface area contributed by atoms with E-state index in [-0.39, 0.29) is 0 Å². The van der Waals surface area contributed by atoms with Gasteiger partial charge in [-0.1, -0.05) is 17.3 Å². The molecule has 2 N–H and O–H groups in total.